The number of carbonyl (C=O) groups is 1. The first-order valence-electron chi connectivity index (χ1n) is 4.37. The van der Waals surface area contributed by atoms with Crippen molar-refractivity contribution < 1.29 is 9.53 Å². The minimum atomic E-state index is 0.0735. The van der Waals surface area contributed by atoms with Gasteiger partial charge in [-0.3, -0.25) is 4.79 Å². The molecule has 0 aromatic heterocycles. The molecule has 1 amide bonds. The zero-order valence-electron chi connectivity index (χ0n) is 7.03. The van der Waals surface area contributed by atoms with E-state index >= 15 is 0 Å². The molecule has 2 rings (SSSR count). The number of likely N-dealkylation sites (tertiary alicyclic amines) is 1. The van der Waals surface area contributed by atoms with Crippen molar-refractivity contribution in [1.29, 1.82) is 0 Å². The first-order chi connectivity index (χ1) is 5.81. The largest absolute Gasteiger partial charge is 0.381 e. The maximum atomic E-state index is 11.2. The molecule has 12 heavy (non-hydrogen) atoms. The van der Waals surface area contributed by atoms with E-state index in [4.69, 9.17) is 10.5 Å². The van der Waals surface area contributed by atoms with Crippen LogP contribution in [-0.2, 0) is 9.53 Å². The normalized spacial score (nSPS) is 33.9. The highest BCUT2D eigenvalue weighted by atomic mass is 16.5. The van der Waals surface area contributed by atoms with Gasteiger partial charge in [-0.15, -0.1) is 0 Å². The zero-order chi connectivity index (χ0) is 8.55. The number of hydrogen-bond acceptors (Lipinski definition) is 3. The summed E-state index contributed by atoms with van der Waals surface area (Å²) in [6.45, 7) is 3.47. The third-order valence-corrected chi connectivity index (χ3v) is 2.77. The lowest BCUT2D eigenvalue weighted by Gasteiger charge is -2.15. The van der Waals surface area contributed by atoms with E-state index < -0.39 is 0 Å². The second-order valence-corrected chi connectivity index (χ2v) is 3.56. The molecule has 2 fully saturated rings. The summed E-state index contributed by atoms with van der Waals surface area (Å²) < 4.78 is 5.30. The second-order valence-electron chi connectivity index (χ2n) is 3.56. The molecule has 2 heterocycles. The van der Waals surface area contributed by atoms with Crippen LogP contribution in [0.5, 0.6) is 0 Å². The molecule has 2 atom stereocenters. The Morgan fingerprint density at radius 3 is 2.50 bits per heavy atom. The van der Waals surface area contributed by atoms with Crippen molar-refractivity contribution in [3.63, 3.8) is 0 Å². The van der Waals surface area contributed by atoms with Crippen molar-refractivity contribution in [2.75, 3.05) is 32.8 Å². The number of nitrogens with zero attached hydrogens (tertiary/aromatic N) is 1. The fraction of sp³-hybridized carbons (Fsp3) is 0.875. The van der Waals surface area contributed by atoms with Gasteiger partial charge in [0.1, 0.15) is 0 Å². The fourth-order valence-electron chi connectivity index (χ4n) is 2.02. The Morgan fingerprint density at radius 1 is 1.42 bits per heavy atom. The topological polar surface area (TPSA) is 55.6 Å². The number of nitrogens with two attached hydrogens (primary N) is 1. The Balaban J connectivity index is 1.94. The minimum absolute atomic E-state index is 0.0735. The molecule has 4 heteroatoms. The van der Waals surface area contributed by atoms with Crippen molar-refractivity contribution in [2.45, 2.75) is 0 Å². The van der Waals surface area contributed by atoms with Crippen LogP contribution in [0, 0.1) is 11.8 Å². The monoisotopic (exact) mass is 170 g/mol. The fourth-order valence-corrected chi connectivity index (χ4v) is 2.02. The Morgan fingerprint density at radius 2 is 2.00 bits per heavy atom. The van der Waals surface area contributed by atoms with Gasteiger partial charge >= 0.3 is 0 Å². The van der Waals surface area contributed by atoms with Crippen molar-refractivity contribution >= 4 is 5.91 Å². The predicted molar refractivity (Wildman–Crippen MR) is 43.4 cm³/mol. The maximum absolute atomic E-state index is 11.2. The molecule has 0 aliphatic carbocycles. The lowest BCUT2D eigenvalue weighted by atomic mass is 10.0. The average molecular weight is 170 g/mol. The number of amides is 1. The van der Waals surface area contributed by atoms with Gasteiger partial charge in [0.05, 0.1) is 19.8 Å². The third-order valence-electron chi connectivity index (χ3n) is 2.77. The Hall–Kier alpha value is -0.610. The summed E-state index contributed by atoms with van der Waals surface area (Å²) in [5, 5.41) is 0. The van der Waals surface area contributed by atoms with Crippen LogP contribution in [0.4, 0.5) is 0 Å². The van der Waals surface area contributed by atoms with Crippen molar-refractivity contribution in [2.24, 2.45) is 17.6 Å². The van der Waals surface area contributed by atoms with Gasteiger partial charge in [-0.25, -0.2) is 0 Å². The van der Waals surface area contributed by atoms with E-state index in [1.165, 1.54) is 0 Å². The maximum Gasteiger partial charge on any atom is 0.236 e. The van der Waals surface area contributed by atoms with Crippen LogP contribution in [0.1, 0.15) is 0 Å². The van der Waals surface area contributed by atoms with E-state index in [-0.39, 0.29) is 12.5 Å². The molecule has 0 aromatic rings. The van der Waals surface area contributed by atoms with E-state index in [1.54, 1.807) is 0 Å². The van der Waals surface area contributed by atoms with Crippen LogP contribution in [0.15, 0.2) is 0 Å². The lowest BCUT2D eigenvalue weighted by molar-refractivity contribution is -0.129. The smallest absolute Gasteiger partial charge is 0.236 e. The van der Waals surface area contributed by atoms with Crippen LogP contribution in [-0.4, -0.2) is 43.7 Å². The van der Waals surface area contributed by atoms with Gasteiger partial charge < -0.3 is 15.4 Å². The molecule has 2 saturated heterocycles. The standard InChI is InChI=1S/C8H14N2O2/c9-1-8(11)10-2-6-4-12-5-7(6)3-10/h6-7H,1-5,9H2/t6-,7-/m1/s1. The summed E-state index contributed by atoms with van der Waals surface area (Å²) in [5.41, 5.74) is 5.28. The van der Waals surface area contributed by atoms with Crippen molar-refractivity contribution in [3.05, 3.63) is 0 Å². The highest BCUT2D eigenvalue weighted by Gasteiger charge is 2.38. The second kappa shape index (κ2) is 3.03. The van der Waals surface area contributed by atoms with Gasteiger partial charge in [0, 0.05) is 24.9 Å². The molecule has 0 aromatic carbocycles. The molecule has 2 N–H and O–H groups in total. The summed E-state index contributed by atoms with van der Waals surface area (Å²) >= 11 is 0. The van der Waals surface area contributed by atoms with Crippen LogP contribution in [0.2, 0.25) is 0 Å². The summed E-state index contributed by atoms with van der Waals surface area (Å²) in [7, 11) is 0. The molecule has 0 spiro atoms. The number of carbonyl (C=O) groups excluding carboxylic acids is 1. The highest BCUT2D eigenvalue weighted by Crippen LogP contribution is 2.28. The van der Waals surface area contributed by atoms with Gasteiger partial charge in [-0.2, -0.15) is 0 Å². The summed E-state index contributed by atoms with van der Waals surface area (Å²) in [6.07, 6.45) is 0. The Bertz CT molecular complexity index is 183. The molecule has 4 nitrogen and oxygen atoms in total. The van der Waals surface area contributed by atoms with E-state index in [0.29, 0.717) is 11.8 Å². The van der Waals surface area contributed by atoms with Crippen LogP contribution in [0.3, 0.4) is 0 Å². The lowest BCUT2D eigenvalue weighted by Crippen LogP contribution is -2.35. The number of ether oxygens (including phenoxy) is 1. The van der Waals surface area contributed by atoms with Gasteiger partial charge in [0.15, 0.2) is 0 Å². The molecule has 0 unspecified atom stereocenters. The van der Waals surface area contributed by atoms with Crippen LogP contribution >= 0.6 is 0 Å². The minimum Gasteiger partial charge on any atom is -0.381 e. The summed E-state index contributed by atoms with van der Waals surface area (Å²) in [6, 6.07) is 0. The summed E-state index contributed by atoms with van der Waals surface area (Å²) in [5.74, 6) is 1.21. The number of hydrogen-bond donors (Lipinski definition) is 1. The van der Waals surface area contributed by atoms with E-state index in [0.717, 1.165) is 26.3 Å². The zero-order valence-corrected chi connectivity index (χ0v) is 7.03. The third kappa shape index (κ3) is 1.21. The average Bonchev–Trinajstić information content (AvgIpc) is 2.60. The quantitative estimate of drug-likeness (QED) is 0.552. The molecule has 2 aliphatic heterocycles. The Labute approximate surface area is 71.7 Å². The first-order valence-corrected chi connectivity index (χ1v) is 4.37. The summed E-state index contributed by atoms with van der Waals surface area (Å²) in [4.78, 5) is 13.1. The molecule has 0 saturated carbocycles. The molecular formula is C8H14N2O2. The number of fused-ring (bicyclic) bond motifs is 1. The Kier molecular flexibility index (Phi) is 2.02. The van der Waals surface area contributed by atoms with Gasteiger partial charge in [0.25, 0.3) is 0 Å². The molecule has 68 valence electrons. The molecule has 0 bridgehead atoms. The van der Waals surface area contributed by atoms with E-state index in [2.05, 4.69) is 0 Å². The van der Waals surface area contributed by atoms with Gasteiger partial charge in [0.2, 0.25) is 5.91 Å². The van der Waals surface area contributed by atoms with E-state index in [9.17, 15) is 4.79 Å². The molecular weight excluding hydrogens is 156 g/mol. The van der Waals surface area contributed by atoms with Gasteiger partial charge in [-0.05, 0) is 0 Å². The SMILES string of the molecule is NCC(=O)N1C[C@@H]2COC[C@H]2C1. The molecule has 2 aliphatic rings. The van der Waals surface area contributed by atoms with Crippen molar-refractivity contribution in [1.82, 2.24) is 4.90 Å². The van der Waals surface area contributed by atoms with Crippen LogP contribution < -0.4 is 5.73 Å². The first kappa shape index (κ1) is 8.01. The molecule has 0 radical (unpaired) electrons. The predicted octanol–water partition coefficient (Wildman–Crippen LogP) is -0.950. The van der Waals surface area contributed by atoms with E-state index in [1.807, 2.05) is 4.90 Å². The highest BCUT2D eigenvalue weighted by molar-refractivity contribution is 5.78. The van der Waals surface area contributed by atoms with Crippen LogP contribution in [0.25, 0.3) is 0 Å². The van der Waals surface area contributed by atoms with Crippen molar-refractivity contribution in [3.8, 4) is 0 Å². The number of rotatable bonds is 1. The van der Waals surface area contributed by atoms with Gasteiger partial charge in [-0.1, -0.05) is 0 Å².